The highest BCUT2D eigenvalue weighted by Gasteiger charge is 2.31. The fourth-order valence-electron chi connectivity index (χ4n) is 1.43. The van der Waals surface area contributed by atoms with E-state index in [1.54, 1.807) is 0 Å². The van der Waals surface area contributed by atoms with E-state index in [-0.39, 0.29) is 5.06 Å². The van der Waals surface area contributed by atoms with Crippen LogP contribution in [-0.4, -0.2) is 25.4 Å². The Hall–Kier alpha value is -0.160. The molecule has 0 bridgehead atoms. The molecule has 4 heteroatoms. The predicted molar refractivity (Wildman–Crippen MR) is 41.8 cm³/mol. The fourth-order valence-corrected chi connectivity index (χ4v) is 1.43. The van der Waals surface area contributed by atoms with Crippen molar-refractivity contribution in [2.24, 2.45) is 5.73 Å². The molecule has 1 rings (SSSR count). The normalized spacial score (nSPS) is 39.0. The summed E-state index contributed by atoms with van der Waals surface area (Å²) in [5, 5.41) is 11.2. The maximum Gasteiger partial charge on any atom is 0.166 e. The van der Waals surface area contributed by atoms with E-state index in [4.69, 9.17) is 10.5 Å². The molecule has 1 saturated heterocycles. The van der Waals surface area contributed by atoms with E-state index in [0.29, 0.717) is 19.7 Å². The summed E-state index contributed by atoms with van der Waals surface area (Å²) in [4.78, 5) is 0. The number of hydroxylamine groups is 2. The average Bonchev–Trinajstić information content (AvgIpc) is 1.86. The molecule has 0 radical (unpaired) electrons. The summed E-state index contributed by atoms with van der Waals surface area (Å²) in [6, 6.07) is 0. The average molecular weight is 160 g/mol. The Kier molecular flexibility index (Phi) is 2.84. The Morgan fingerprint density at radius 1 is 1.73 bits per heavy atom. The lowest BCUT2D eigenvalue weighted by atomic mass is 10.1. The van der Waals surface area contributed by atoms with E-state index in [1.807, 2.05) is 6.92 Å². The molecule has 11 heavy (non-hydrogen) atoms. The van der Waals surface area contributed by atoms with Crippen LogP contribution in [0.25, 0.3) is 0 Å². The zero-order chi connectivity index (χ0) is 8.32. The molecule has 2 atom stereocenters. The Bertz CT molecular complexity index is 128. The van der Waals surface area contributed by atoms with E-state index >= 15 is 0 Å². The number of nitrogens with two attached hydrogens (primary N) is 1. The highest BCUT2D eigenvalue weighted by Crippen LogP contribution is 2.10. The van der Waals surface area contributed by atoms with Gasteiger partial charge in [0.05, 0.1) is 6.61 Å². The third-order valence-corrected chi connectivity index (χ3v) is 1.94. The predicted octanol–water partition coefficient (Wildman–Crippen LogP) is -1.15. The van der Waals surface area contributed by atoms with Gasteiger partial charge >= 0.3 is 0 Å². The molecule has 0 saturated carbocycles. The molecule has 0 aromatic heterocycles. The summed E-state index contributed by atoms with van der Waals surface area (Å²) in [5.41, 5.74) is 5.17. The number of quaternary nitrogens is 1. The topological polar surface area (TPSA) is 62.8 Å². The van der Waals surface area contributed by atoms with Crippen molar-refractivity contribution in [3.05, 3.63) is 5.21 Å². The summed E-state index contributed by atoms with van der Waals surface area (Å²) in [6.45, 7) is 3.45. The number of nitrogens with one attached hydrogen (secondary N) is 1. The second-order valence-corrected chi connectivity index (χ2v) is 3.13. The third-order valence-electron chi connectivity index (χ3n) is 1.94. The van der Waals surface area contributed by atoms with Crippen LogP contribution in [0.1, 0.15) is 19.8 Å². The Morgan fingerprint density at radius 3 is 3.00 bits per heavy atom. The van der Waals surface area contributed by atoms with Crippen molar-refractivity contribution in [3.8, 4) is 0 Å². The monoisotopic (exact) mass is 160 g/mol. The molecule has 3 N–H and O–H groups in total. The van der Waals surface area contributed by atoms with Crippen molar-refractivity contribution >= 4 is 0 Å². The standard InChI is InChI=1S/C7H16N2O2/c1-2-3-7(8)6-9(10)4-5-11-7/h9H,2-6,8H2,1H3. The van der Waals surface area contributed by atoms with Crippen LogP contribution in [0, 0.1) is 5.21 Å². The van der Waals surface area contributed by atoms with Crippen LogP contribution in [-0.2, 0) is 4.74 Å². The number of ether oxygens (including phenoxy) is 1. The SMILES string of the molecule is CCCC1(N)C[NH+]([O-])CCO1. The number of morpholine rings is 1. The van der Waals surface area contributed by atoms with Crippen LogP contribution in [0.15, 0.2) is 0 Å². The molecule has 0 amide bonds. The van der Waals surface area contributed by atoms with Gasteiger partial charge in [0.2, 0.25) is 0 Å². The van der Waals surface area contributed by atoms with Gasteiger partial charge in [0, 0.05) is 0 Å². The van der Waals surface area contributed by atoms with Crippen LogP contribution in [0.3, 0.4) is 0 Å². The maximum atomic E-state index is 11.0. The smallest absolute Gasteiger partial charge is 0.166 e. The largest absolute Gasteiger partial charge is 0.634 e. The van der Waals surface area contributed by atoms with Gasteiger partial charge in [-0.25, -0.2) is 0 Å². The van der Waals surface area contributed by atoms with Gasteiger partial charge in [-0.2, -0.15) is 0 Å². The first kappa shape index (κ1) is 8.93. The highest BCUT2D eigenvalue weighted by atomic mass is 16.6. The quantitative estimate of drug-likeness (QED) is 0.502. The lowest BCUT2D eigenvalue weighted by molar-refractivity contribution is -0.866. The van der Waals surface area contributed by atoms with Crippen LogP contribution < -0.4 is 10.8 Å². The lowest BCUT2D eigenvalue weighted by Gasteiger charge is -2.39. The minimum Gasteiger partial charge on any atom is -0.634 e. The van der Waals surface area contributed by atoms with Crippen molar-refractivity contribution in [3.63, 3.8) is 0 Å². The first-order valence-electron chi connectivity index (χ1n) is 4.11. The minimum atomic E-state index is -0.649. The lowest BCUT2D eigenvalue weighted by Crippen LogP contribution is -3.12. The van der Waals surface area contributed by atoms with Gasteiger partial charge in [-0.15, -0.1) is 0 Å². The summed E-state index contributed by atoms with van der Waals surface area (Å²) in [7, 11) is 0. The first-order chi connectivity index (χ1) is 5.16. The number of rotatable bonds is 2. The van der Waals surface area contributed by atoms with E-state index in [1.165, 1.54) is 0 Å². The van der Waals surface area contributed by atoms with Crippen molar-refractivity contribution in [1.29, 1.82) is 0 Å². The van der Waals surface area contributed by atoms with Crippen molar-refractivity contribution < 1.29 is 9.80 Å². The Labute approximate surface area is 66.9 Å². The molecule has 1 aliphatic heterocycles. The number of hydrogen-bond acceptors (Lipinski definition) is 3. The van der Waals surface area contributed by atoms with Crippen LogP contribution >= 0.6 is 0 Å². The first-order valence-corrected chi connectivity index (χ1v) is 4.11. The Morgan fingerprint density at radius 2 is 2.45 bits per heavy atom. The van der Waals surface area contributed by atoms with Gasteiger partial charge in [0.25, 0.3) is 0 Å². The molecule has 0 aromatic carbocycles. The van der Waals surface area contributed by atoms with Gasteiger partial charge in [0.1, 0.15) is 13.1 Å². The van der Waals surface area contributed by atoms with Gasteiger partial charge in [-0.05, 0) is 6.42 Å². The van der Waals surface area contributed by atoms with Crippen LogP contribution in [0.2, 0.25) is 0 Å². The molecule has 0 aromatic rings. The number of hydrogen-bond donors (Lipinski definition) is 2. The minimum absolute atomic E-state index is 0.229. The molecule has 2 unspecified atom stereocenters. The van der Waals surface area contributed by atoms with Gasteiger partial charge in [-0.1, -0.05) is 13.3 Å². The highest BCUT2D eigenvalue weighted by molar-refractivity contribution is 4.73. The summed E-state index contributed by atoms with van der Waals surface area (Å²) in [5.74, 6) is 0. The maximum absolute atomic E-state index is 11.0. The molecular formula is C7H16N2O2. The van der Waals surface area contributed by atoms with Crippen LogP contribution in [0.4, 0.5) is 0 Å². The van der Waals surface area contributed by atoms with Crippen molar-refractivity contribution in [2.75, 3.05) is 19.7 Å². The second-order valence-electron chi connectivity index (χ2n) is 3.13. The summed E-state index contributed by atoms with van der Waals surface area (Å²) >= 11 is 0. The van der Waals surface area contributed by atoms with Crippen LogP contribution in [0.5, 0.6) is 0 Å². The molecule has 1 aliphatic rings. The molecule has 0 spiro atoms. The molecule has 66 valence electrons. The second kappa shape index (κ2) is 3.49. The van der Waals surface area contributed by atoms with E-state index in [0.717, 1.165) is 12.8 Å². The summed E-state index contributed by atoms with van der Waals surface area (Å²) < 4.78 is 5.33. The van der Waals surface area contributed by atoms with E-state index in [2.05, 4.69) is 0 Å². The molecule has 4 nitrogen and oxygen atoms in total. The molecule has 0 aliphatic carbocycles. The van der Waals surface area contributed by atoms with Gasteiger partial charge < -0.3 is 15.0 Å². The Balaban J connectivity index is 2.41. The zero-order valence-corrected chi connectivity index (χ0v) is 6.93. The molecule has 1 fully saturated rings. The summed E-state index contributed by atoms with van der Waals surface area (Å²) in [6.07, 6.45) is 1.74. The zero-order valence-electron chi connectivity index (χ0n) is 6.93. The van der Waals surface area contributed by atoms with Gasteiger partial charge in [-0.3, -0.25) is 5.73 Å². The third kappa shape index (κ3) is 2.41. The molecule has 1 heterocycles. The fraction of sp³-hybridized carbons (Fsp3) is 1.00. The van der Waals surface area contributed by atoms with Crippen molar-refractivity contribution in [2.45, 2.75) is 25.5 Å². The van der Waals surface area contributed by atoms with Crippen molar-refractivity contribution in [1.82, 2.24) is 0 Å². The van der Waals surface area contributed by atoms with E-state index in [9.17, 15) is 5.21 Å². The van der Waals surface area contributed by atoms with Gasteiger partial charge in [0.15, 0.2) is 5.72 Å². The molecular weight excluding hydrogens is 144 g/mol. The van der Waals surface area contributed by atoms with E-state index < -0.39 is 5.72 Å².